The van der Waals surface area contributed by atoms with Crippen molar-refractivity contribution in [3.8, 4) is 0 Å². The first-order valence-corrected chi connectivity index (χ1v) is 7.08. The highest BCUT2D eigenvalue weighted by molar-refractivity contribution is 5.30. The predicted molar refractivity (Wildman–Crippen MR) is 78.4 cm³/mol. The fourth-order valence-electron chi connectivity index (χ4n) is 2.81. The number of nitrogens with zero attached hydrogens (tertiary/aromatic N) is 3. The third kappa shape index (κ3) is 2.65. The zero-order valence-corrected chi connectivity index (χ0v) is 11.4. The first kappa shape index (κ1) is 13.1. The van der Waals surface area contributed by atoms with Crippen LogP contribution in [0.2, 0.25) is 0 Å². The Bertz CT molecular complexity index is 546. The molecule has 1 aromatic heterocycles. The van der Waals surface area contributed by atoms with Crippen LogP contribution in [-0.2, 0) is 5.60 Å². The molecule has 104 valence electrons. The van der Waals surface area contributed by atoms with Gasteiger partial charge in [-0.15, -0.1) is 0 Å². The van der Waals surface area contributed by atoms with Crippen molar-refractivity contribution in [1.29, 1.82) is 0 Å². The Labute approximate surface area is 119 Å². The van der Waals surface area contributed by atoms with E-state index in [-0.39, 0.29) is 0 Å². The van der Waals surface area contributed by atoms with Gasteiger partial charge in [0.25, 0.3) is 0 Å². The van der Waals surface area contributed by atoms with Gasteiger partial charge in [-0.2, -0.15) is 0 Å². The van der Waals surface area contributed by atoms with Crippen LogP contribution in [-0.4, -0.2) is 28.2 Å². The molecule has 0 radical (unpaired) electrons. The normalized spacial score (nSPS) is 23.4. The van der Waals surface area contributed by atoms with Crippen LogP contribution in [0, 0.1) is 0 Å². The second kappa shape index (κ2) is 5.59. The molecule has 4 nitrogen and oxygen atoms in total. The molecule has 1 aliphatic heterocycles. The Morgan fingerprint density at radius 1 is 0.950 bits per heavy atom. The van der Waals surface area contributed by atoms with Crippen LogP contribution in [0.1, 0.15) is 24.8 Å². The van der Waals surface area contributed by atoms with Crippen LogP contribution in [0.4, 0.5) is 5.95 Å². The maximum atomic E-state index is 10.9. The topological polar surface area (TPSA) is 49.2 Å². The first-order valence-electron chi connectivity index (χ1n) is 7.08. The molecule has 1 fully saturated rings. The maximum absolute atomic E-state index is 10.9. The molecule has 1 aromatic carbocycles. The number of rotatable bonds is 2. The number of aromatic nitrogens is 2. The summed E-state index contributed by atoms with van der Waals surface area (Å²) < 4.78 is 0. The summed E-state index contributed by atoms with van der Waals surface area (Å²) in [5, 5.41) is 10.9. The fourth-order valence-corrected chi connectivity index (χ4v) is 2.81. The van der Waals surface area contributed by atoms with Gasteiger partial charge in [0.05, 0.1) is 5.60 Å². The molecule has 1 atom stereocenters. The van der Waals surface area contributed by atoms with Crippen LogP contribution in [0.5, 0.6) is 0 Å². The lowest BCUT2D eigenvalue weighted by atomic mass is 9.87. The van der Waals surface area contributed by atoms with Crippen molar-refractivity contribution in [2.45, 2.75) is 24.9 Å². The van der Waals surface area contributed by atoms with Gasteiger partial charge in [-0.1, -0.05) is 30.3 Å². The van der Waals surface area contributed by atoms with E-state index in [1.54, 1.807) is 12.4 Å². The summed E-state index contributed by atoms with van der Waals surface area (Å²) in [6.07, 6.45) is 5.94. The van der Waals surface area contributed by atoms with Gasteiger partial charge in [0, 0.05) is 25.5 Å². The van der Waals surface area contributed by atoms with Crippen LogP contribution in [0.25, 0.3) is 0 Å². The average molecular weight is 269 g/mol. The number of hydrogen-bond acceptors (Lipinski definition) is 4. The molecular formula is C16H19N3O. The quantitative estimate of drug-likeness (QED) is 0.909. The first-order chi connectivity index (χ1) is 9.78. The number of benzene rings is 1. The van der Waals surface area contributed by atoms with E-state index in [0.717, 1.165) is 37.4 Å². The lowest BCUT2D eigenvalue weighted by molar-refractivity contribution is 0.0244. The molecule has 0 bridgehead atoms. The highest BCUT2D eigenvalue weighted by atomic mass is 16.3. The number of anilines is 1. The third-order valence-electron chi connectivity index (χ3n) is 3.96. The molecule has 1 unspecified atom stereocenters. The van der Waals surface area contributed by atoms with Gasteiger partial charge in [0.15, 0.2) is 0 Å². The van der Waals surface area contributed by atoms with E-state index in [1.807, 2.05) is 36.4 Å². The molecule has 0 aliphatic carbocycles. The molecular weight excluding hydrogens is 250 g/mol. The summed E-state index contributed by atoms with van der Waals surface area (Å²) in [4.78, 5) is 10.7. The Kier molecular flexibility index (Phi) is 3.65. The predicted octanol–water partition coefficient (Wildman–Crippen LogP) is 2.35. The minimum Gasteiger partial charge on any atom is -0.385 e. The van der Waals surface area contributed by atoms with Crippen LogP contribution in [0.3, 0.4) is 0 Å². The minimum atomic E-state index is -0.731. The molecule has 1 N–H and O–H groups in total. The van der Waals surface area contributed by atoms with E-state index in [2.05, 4.69) is 14.9 Å². The van der Waals surface area contributed by atoms with E-state index in [9.17, 15) is 5.11 Å². The molecule has 1 aliphatic rings. The lowest BCUT2D eigenvalue weighted by Crippen LogP contribution is -2.30. The van der Waals surface area contributed by atoms with Gasteiger partial charge < -0.3 is 10.0 Å². The summed E-state index contributed by atoms with van der Waals surface area (Å²) >= 11 is 0. The second-order valence-corrected chi connectivity index (χ2v) is 5.29. The molecule has 0 saturated carbocycles. The molecule has 0 spiro atoms. The van der Waals surface area contributed by atoms with E-state index >= 15 is 0 Å². The van der Waals surface area contributed by atoms with Crippen molar-refractivity contribution >= 4 is 5.95 Å². The van der Waals surface area contributed by atoms with Gasteiger partial charge in [0.2, 0.25) is 5.95 Å². The lowest BCUT2D eigenvalue weighted by Gasteiger charge is -2.27. The van der Waals surface area contributed by atoms with Gasteiger partial charge >= 0.3 is 0 Å². The molecule has 20 heavy (non-hydrogen) atoms. The zero-order chi connectivity index (χ0) is 13.8. The Morgan fingerprint density at radius 2 is 1.70 bits per heavy atom. The van der Waals surface area contributed by atoms with Crippen molar-refractivity contribution in [2.24, 2.45) is 0 Å². The van der Waals surface area contributed by atoms with Crippen molar-refractivity contribution in [3.05, 3.63) is 54.4 Å². The summed E-state index contributed by atoms with van der Waals surface area (Å²) in [5.74, 6) is 0.754. The van der Waals surface area contributed by atoms with E-state index in [4.69, 9.17) is 0 Å². The summed E-state index contributed by atoms with van der Waals surface area (Å²) in [7, 11) is 0. The molecule has 4 heteroatoms. The third-order valence-corrected chi connectivity index (χ3v) is 3.96. The highest BCUT2D eigenvalue weighted by Crippen LogP contribution is 2.33. The van der Waals surface area contributed by atoms with Crippen molar-refractivity contribution in [1.82, 2.24) is 9.97 Å². The van der Waals surface area contributed by atoms with Crippen LogP contribution < -0.4 is 4.90 Å². The largest absolute Gasteiger partial charge is 0.385 e. The number of aliphatic hydroxyl groups is 1. The minimum absolute atomic E-state index is 0.704. The molecule has 1 saturated heterocycles. The van der Waals surface area contributed by atoms with Crippen molar-refractivity contribution < 1.29 is 5.11 Å². The van der Waals surface area contributed by atoms with Crippen molar-refractivity contribution in [3.63, 3.8) is 0 Å². The van der Waals surface area contributed by atoms with Gasteiger partial charge in [-0.3, -0.25) is 0 Å². The van der Waals surface area contributed by atoms with E-state index in [0.29, 0.717) is 6.42 Å². The van der Waals surface area contributed by atoms with E-state index in [1.165, 1.54) is 0 Å². The Morgan fingerprint density at radius 3 is 2.45 bits per heavy atom. The summed E-state index contributed by atoms with van der Waals surface area (Å²) in [5.41, 5.74) is 0.279. The number of hydrogen-bond donors (Lipinski definition) is 1. The molecule has 3 rings (SSSR count). The second-order valence-electron chi connectivity index (χ2n) is 5.29. The monoisotopic (exact) mass is 269 g/mol. The molecule has 2 heterocycles. The zero-order valence-electron chi connectivity index (χ0n) is 11.4. The van der Waals surface area contributed by atoms with Gasteiger partial charge in [-0.05, 0) is 30.9 Å². The fraction of sp³-hybridized carbons (Fsp3) is 0.375. The van der Waals surface area contributed by atoms with E-state index < -0.39 is 5.60 Å². The average Bonchev–Trinajstić information content (AvgIpc) is 2.72. The summed E-state index contributed by atoms with van der Waals surface area (Å²) in [6, 6.07) is 11.8. The Hall–Kier alpha value is -1.94. The van der Waals surface area contributed by atoms with Gasteiger partial charge in [-0.25, -0.2) is 9.97 Å². The highest BCUT2D eigenvalue weighted by Gasteiger charge is 2.32. The maximum Gasteiger partial charge on any atom is 0.225 e. The molecule has 2 aromatic rings. The molecule has 0 amide bonds. The smallest absolute Gasteiger partial charge is 0.225 e. The SMILES string of the molecule is OC1(c2ccccc2)CCCN(c2ncccn2)CC1. The van der Waals surface area contributed by atoms with Crippen LogP contribution >= 0.6 is 0 Å². The van der Waals surface area contributed by atoms with Crippen LogP contribution in [0.15, 0.2) is 48.8 Å². The summed E-state index contributed by atoms with van der Waals surface area (Å²) in [6.45, 7) is 1.66. The van der Waals surface area contributed by atoms with Crippen molar-refractivity contribution in [2.75, 3.05) is 18.0 Å². The Balaban J connectivity index is 1.77. The van der Waals surface area contributed by atoms with Gasteiger partial charge in [0.1, 0.15) is 0 Å². The standard InChI is InChI=1S/C16H19N3O/c20-16(14-6-2-1-3-7-14)8-4-12-19(13-9-16)15-17-10-5-11-18-15/h1-3,5-7,10-11,20H,4,8-9,12-13H2.